The maximum absolute atomic E-state index is 11.5. The zero-order valence-corrected chi connectivity index (χ0v) is 8.04. The molecule has 70 valence electrons. The van der Waals surface area contributed by atoms with Gasteiger partial charge in [0.25, 0.3) is 0 Å². The van der Waals surface area contributed by atoms with Gasteiger partial charge in [-0.2, -0.15) is 0 Å². The number of hydrogen-bond donors (Lipinski definition) is 0. The summed E-state index contributed by atoms with van der Waals surface area (Å²) in [6.45, 7) is 0. The van der Waals surface area contributed by atoms with E-state index < -0.39 is 0 Å². The normalized spacial score (nSPS) is 33.4. The number of imide groups is 1. The molecule has 0 aromatic carbocycles. The number of likely N-dealkylation sites (tertiary alicyclic amines) is 1. The van der Waals surface area contributed by atoms with Crippen LogP contribution < -0.4 is 0 Å². The second kappa shape index (κ2) is 2.84. The van der Waals surface area contributed by atoms with Gasteiger partial charge in [0, 0.05) is 12.1 Å². The lowest BCUT2D eigenvalue weighted by Crippen LogP contribution is -2.26. The van der Waals surface area contributed by atoms with Crippen molar-refractivity contribution >= 4 is 23.4 Å². The summed E-state index contributed by atoms with van der Waals surface area (Å²) in [4.78, 5) is 24.2. The van der Waals surface area contributed by atoms with Crippen LogP contribution in [0, 0.1) is 11.8 Å². The van der Waals surface area contributed by atoms with Gasteiger partial charge in [-0.05, 0) is 12.8 Å². The van der Waals surface area contributed by atoms with E-state index in [2.05, 4.69) is 0 Å². The third-order valence-corrected chi connectivity index (χ3v) is 3.10. The quantitative estimate of drug-likeness (QED) is 0.549. The number of rotatable bonds is 0. The van der Waals surface area contributed by atoms with Crippen molar-refractivity contribution in [3.8, 4) is 0 Å². The molecule has 1 heterocycles. The van der Waals surface area contributed by atoms with Crippen LogP contribution >= 0.6 is 11.6 Å². The van der Waals surface area contributed by atoms with Crippen molar-refractivity contribution in [3.05, 3.63) is 11.1 Å². The van der Waals surface area contributed by atoms with E-state index in [9.17, 15) is 9.59 Å². The molecule has 1 aliphatic carbocycles. The Bertz CT molecular complexity index is 311. The minimum atomic E-state index is -0.199. The first-order valence-electron chi connectivity index (χ1n) is 4.27. The van der Waals surface area contributed by atoms with E-state index in [4.69, 9.17) is 11.6 Å². The SMILES string of the molecule is CN1C(=O)[C@H]2CC=C(Cl)C[C@@H]2C1=O. The molecule has 0 unspecified atom stereocenters. The molecular formula is C9H10ClNO2. The number of nitrogens with zero attached hydrogens (tertiary/aromatic N) is 1. The van der Waals surface area contributed by atoms with E-state index in [1.807, 2.05) is 6.08 Å². The first-order chi connectivity index (χ1) is 6.11. The number of carbonyl (C=O) groups is 2. The largest absolute Gasteiger partial charge is 0.285 e. The van der Waals surface area contributed by atoms with Crippen LogP contribution in [0.2, 0.25) is 0 Å². The Kier molecular flexibility index (Phi) is 1.91. The number of allylic oxidation sites excluding steroid dienone is 2. The van der Waals surface area contributed by atoms with Gasteiger partial charge in [0.2, 0.25) is 11.8 Å². The summed E-state index contributed by atoms with van der Waals surface area (Å²) in [7, 11) is 1.54. The Morgan fingerprint density at radius 1 is 1.38 bits per heavy atom. The molecule has 2 amide bonds. The van der Waals surface area contributed by atoms with Gasteiger partial charge in [0.1, 0.15) is 0 Å². The number of hydrogen-bond acceptors (Lipinski definition) is 2. The highest BCUT2D eigenvalue weighted by atomic mass is 35.5. The van der Waals surface area contributed by atoms with E-state index in [0.717, 1.165) is 0 Å². The summed E-state index contributed by atoms with van der Waals surface area (Å²) in [6.07, 6.45) is 2.98. The van der Waals surface area contributed by atoms with E-state index in [1.54, 1.807) is 0 Å². The lowest BCUT2D eigenvalue weighted by molar-refractivity contribution is -0.138. The monoisotopic (exact) mass is 199 g/mol. The molecule has 1 saturated heterocycles. The molecule has 0 saturated carbocycles. The second-order valence-electron chi connectivity index (χ2n) is 3.54. The zero-order chi connectivity index (χ0) is 9.59. The van der Waals surface area contributed by atoms with Crippen LogP contribution in [0.25, 0.3) is 0 Å². The molecule has 1 aliphatic heterocycles. The third-order valence-electron chi connectivity index (χ3n) is 2.79. The van der Waals surface area contributed by atoms with E-state index >= 15 is 0 Å². The lowest BCUT2D eigenvalue weighted by atomic mass is 9.85. The number of carbonyl (C=O) groups excluding carboxylic acids is 2. The van der Waals surface area contributed by atoms with Gasteiger partial charge in [-0.15, -0.1) is 0 Å². The summed E-state index contributed by atoms with van der Waals surface area (Å²) < 4.78 is 0. The molecule has 0 aromatic rings. The average Bonchev–Trinajstić information content (AvgIpc) is 2.32. The van der Waals surface area contributed by atoms with Crippen LogP contribution in [0.3, 0.4) is 0 Å². The Balaban J connectivity index is 2.30. The van der Waals surface area contributed by atoms with E-state index in [1.165, 1.54) is 11.9 Å². The fourth-order valence-corrected chi connectivity index (χ4v) is 2.25. The Morgan fingerprint density at radius 3 is 2.69 bits per heavy atom. The molecule has 4 heteroatoms. The van der Waals surface area contributed by atoms with Crippen LogP contribution in [0.5, 0.6) is 0 Å². The Labute approximate surface area is 81.3 Å². The highest BCUT2D eigenvalue weighted by molar-refractivity contribution is 6.30. The molecule has 1 fully saturated rings. The van der Waals surface area contributed by atoms with Gasteiger partial charge in [0.05, 0.1) is 11.8 Å². The highest BCUT2D eigenvalue weighted by Gasteiger charge is 2.46. The van der Waals surface area contributed by atoms with Crippen LogP contribution in [-0.2, 0) is 9.59 Å². The van der Waals surface area contributed by atoms with Gasteiger partial charge >= 0.3 is 0 Å². The maximum atomic E-state index is 11.5. The zero-order valence-electron chi connectivity index (χ0n) is 7.29. The summed E-state index contributed by atoms with van der Waals surface area (Å²) in [5.74, 6) is -0.494. The molecule has 2 aliphatic rings. The molecule has 0 bridgehead atoms. The molecule has 0 spiro atoms. The first-order valence-corrected chi connectivity index (χ1v) is 4.65. The van der Waals surface area contributed by atoms with Crippen molar-refractivity contribution in [1.29, 1.82) is 0 Å². The predicted molar refractivity (Wildman–Crippen MR) is 47.9 cm³/mol. The second-order valence-corrected chi connectivity index (χ2v) is 4.02. The maximum Gasteiger partial charge on any atom is 0.233 e. The fraction of sp³-hybridized carbons (Fsp3) is 0.556. The van der Waals surface area contributed by atoms with Gasteiger partial charge < -0.3 is 0 Å². The molecule has 2 atom stereocenters. The predicted octanol–water partition coefficient (Wildman–Crippen LogP) is 1.13. The number of amides is 2. The molecule has 0 aromatic heterocycles. The van der Waals surface area contributed by atoms with E-state index in [0.29, 0.717) is 17.9 Å². The minimum absolute atomic E-state index is 0.0598. The molecule has 0 radical (unpaired) electrons. The minimum Gasteiger partial charge on any atom is -0.285 e. The molecule has 13 heavy (non-hydrogen) atoms. The van der Waals surface area contributed by atoms with Crippen LogP contribution in [0.1, 0.15) is 12.8 Å². The lowest BCUT2D eigenvalue weighted by Gasteiger charge is -2.17. The topological polar surface area (TPSA) is 37.4 Å². The van der Waals surface area contributed by atoms with Gasteiger partial charge in [-0.3, -0.25) is 14.5 Å². The third kappa shape index (κ3) is 1.18. The Morgan fingerprint density at radius 2 is 2.00 bits per heavy atom. The number of fused-ring (bicyclic) bond motifs is 1. The van der Waals surface area contributed by atoms with Gasteiger partial charge in [-0.25, -0.2) is 0 Å². The van der Waals surface area contributed by atoms with Crippen molar-refractivity contribution in [3.63, 3.8) is 0 Å². The molecule has 2 rings (SSSR count). The summed E-state index contributed by atoms with van der Waals surface area (Å²) in [5, 5.41) is 0.706. The van der Waals surface area contributed by atoms with Crippen molar-refractivity contribution < 1.29 is 9.59 Å². The smallest absolute Gasteiger partial charge is 0.233 e. The molecule has 0 N–H and O–H groups in total. The van der Waals surface area contributed by atoms with Crippen LogP contribution in [0.15, 0.2) is 11.1 Å². The van der Waals surface area contributed by atoms with Crippen molar-refractivity contribution in [1.82, 2.24) is 4.90 Å². The average molecular weight is 200 g/mol. The summed E-state index contributed by atoms with van der Waals surface area (Å²) in [6, 6.07) is 0. The standard InChI is InChI=1S/C9H10ClNO2/c1-11-8(12)6-3-2-5(10)4-7(6)9(11)13/h2,6-7H,3-4H2,1H3/t6-,7-/m0/s1. The fourth-order valence-electron chi connectivity index (χ4n) is 1.99. The first kappa shape index (κ1) is 8.75. The number of halogens is 1. The van der Waals surface area contributed by atoms with E-state index in [-0.39, 0.29) is 23.7 Å². The van der Waals surface area contributed by atoms with Gasteiger partial charge in [0.15, 0.2) is 0 Å². The Hall–Kier alpha value is -0.830. The summed E-state index contributed by atoms with van der Waals surface area (Å²) >= 11 is 5.82. The molecule has 3 nitrogen and oxygen atoms in total. The van der Waals surface area contributed by atoms with Crippen molar-refractivity contribution in [2.75, 3.05) is 7.05 Å². The van der Waals surface area contributed by atoms with Crippen molar-refractivity contribution in [2.45, 2.75) is 12.8 Å². The van der Waals surface area contributed by atoms with Crippen LogP contribution in [-0.4, -0.2) is 23.8 Å². The van der Waals surface area contributed by atoms with Crippen molar-refractivity contribution in [2.24, 2.45) is 11.8 Å². The van der Waals surface area contributed by atoms with Gasteiger partial charge in [-0.1, -0.05) is 17.7 Å². The molecular weight excluding hydrogens is 190 g/mol. The summed E-state index contributed by atoms with van der Waals surface area (Å²) in [5.41, 5.74) is 0. The van der Waals surface area contributed by atoms with Crippen LogP contribution in [0.4, 0.5) is 0 Å². The highest BCUT2D eigenvalue weighted by Crippen LogP contribution is 2.37.